The standard InChI is InChI=1S/C9H7Cl2NO3/c10-6-3-1-2-5(8(6)11)9(14)15-4-7(12)13/h1-3H,4H2,(H2,12,13). The van der Waals surface area contributed by atoms with Crippen LogP contribution in [0.1, 0.15) is 10.4 Å². The Hall–Kier alpha value is -1.26. The summed E-state index contributed by atoms with van der Waals surface area (Å²) in [4.78, 5) is 21.7. The molecule has 0 aliphatic rings. The Kier molecular flexibility index (Phi) is 3.94. The Bertz CT molecular complexity index is 406. The van der Waals surface area contributed by atoms with Gasteiger partial charge in [-0.05, 0) is 12.1 Å². The minimum Gasteiger partial charge on any atom is -0.452 e. The molecule has 15 heavy (non-hydrogen) atoms. The summed E-state index contributed by atoms with van der Waals surface area (Å²) < 4.78 is 4.57. The van der Waals surface area contributed by atoms with E-state index in [2.05, 4.69) is 4.74 Å². The molecule has 1 rings (SSSR count). The van der Waals surface area contributed by atoms with Crippen LogP contribution in [0.5, 0.6) is 0 Å². The number of amides is 1. The van der Waals surface area contributed by atoms with Crippen LogP contribution in [0.4, 0.5) is 0 Å². The summed E-state index contributed by atoms with van der Waals surface area (Å²) >= 11 is 11.4. The van der Waals surface area contributed by atoms with Crippen LogP contribution in [0.2, 0.25) is 10.0 Å². The Balaban J connectivity index is 2.82. The Morgan fingerprint density at radius 3 is 2.60 bits per heavy atom. The Labute approximate surface area is 95.9 Å². The number of esters is 1. The molecule has 1 aromatic rings. The molecule has 0 saturated carbocycles. The smallest absolute Gasteiger partial charge is 0.340 e. The van der Waals surface area contributed by atoms with E-state index in [0.717, 1.165) is 0 Å². The highest BCUT2D eigenvalue weighted by atomic mass is 35.5. The molecule has 80 valence electrons. The fourth-order valence-corrected chi connectivity index (χ4v) is 1.25. The monoisotopic (exact) mass is 247 g/mol. The SMILES string of the molecule is NC(=O)COC(=O)c1cccc(Cl)c1Cl. The van der Waals surface area contributed by atoms with E-state index in [9.17, 15) is 9.59 Å². The molecule has 0 aliphatic heterocycles. The number of hydrogen-bond donors (Lipinski definition) is 1. The van der Waals surface area contributed by atoms with Gasteiger partial charge in [0.05, 0.1) is 15.6 Å². The molecule has 0 bridgehead atoms. The maximum Gasteiger partial charge on any atom is 0.340 e. The summed E-state index contributed by atoms with van der Waals surface area (Å²) in [6.45, 7) is -0.484. The zero-order chi connectivity index (χ0) is 11.4. The zero-order valence-corrected chi connectivity index (χ0v) is 9.01. The molecule has 0 saturated heterocycles. The summed E-state index contributed by atoms with van der Waals surface area (Å²) in [5.41, 5.74) is 4.91. The molecule has 0 aromatic heterocycles. The van der Waals surface area contributed by atoms with Crippen molar-refractivity contribution in [1.82, 2.24) is 0 Å². The maximum atomic E-state index is 11.3. The first-order valence-electron chi connectivity index (χ1n) is 3.92. The average Bonchev–Trinajstić information content (AvgIpc) is 2.18. The third-order valence-corrected chi connectivity index (χ3v) is 2.34. The van der Waals surface area contributed by atoms with E-state index in [1.54, 1.807) is 6.07 Å². The second-order valence-corrected chi connectivity index (χ2v) is 3.43. The van der Waals surface area contributed by atoms with Crippen molar-refractivity contribution in [2.45, 2.75) is 0 Å². The van der Waals surface area contributed by atoms with Crippen LogP contribution < -0.4 is 5.73 Å². The number of nitrogens with two attached hydrogens (primary N) is 1. The van der Waals surface area contributed by atoms with Crippen molar-refractivity contribution in [2.75, 3.05) is 6.61 Å². The minimum absolute atomic E-state index is 0.0913. The van der Waals surface area contributed by atoms with Gasteiger partial charge in [-0.15, -0.1) is 0 Å². The lowest BCUT2D eigenvalue weighted by Crippen LogP contribution is -2.21. The van der Waals surface area contributed by atoms with Gasteiger partial charge in [-0.2, -0.15) is 0 Å². The van der Waals surface area contributed by atoms with Crippen LogP contribution in [0.15, 0.2) is 18.2 Å². The molecule has 6 heteroatoms. The largest absolute Gasteiger partial charge is 0.452 e. The summed E-state index contributed by atoms with van der Waals surface area (Å²) in [6, 6.07) is 4.53. The predicted molar refractivity (Wildman–Crippen MR) is 55.9 cm³/mol. The first-order valence-corrected chi connectivity index (χ1v) is 4.67. The van der Waals surface area contributed by atoms with E-state index in [0.29, 0.717) is 0 Å². The van der Waals surface area contributed by atoms with Gasteiger partial charge in [0.25, 0.3) is 5.91 Å². The molecule has 0 unspecified atom stereocenters. The normalized spacial score (nSPS) is 9.73. The number of halogens is 2. The number of benzene rings is 1. The predicted octanol–water partition coefficient (Wildman–Crippen LogP) is 1.64. The van der Waals surface area contributed by atoms with Gasteiger partial charge in [0.15, 0.2) is 6.61 Å². The molecule has 0 heterocycles. The first kappa shape index (κ1) is 11.8. The lowest BCUT2D eigenvalue weighted by Gasteiger charge is -2.04. The third-order valence-electron chi connectivity index (χ3n) is 1.52. The third kappa shape index (κ3) is 3.11. The molecule has 4 nitrogen and oxygen atoms in total. The van der Waals surface area contributed by atoms with Crippen LogP contribution in [-0.2, 0) is 9.53 Å². The molecular weight excluding hydrogens is 241 g/mol. The van der Waals surface area contributed by atoms with E-state index >= 15 is 0 Å². The van der Waals surface area contributed by atoms with Crippen molar-refractivity contribution >= 4 is 35.1 Å². The highest BCUT2D eigenvalue weighted by Gasteiger charge is 2.14. The minimum atomic E-state index is -0.735. The molecule has 0 aliphatic carbocycles. The molecule has 2 N–H and O–H groups in total. The number of carbonyl (C=O) groups is 2. The molecule has 0 atom stereocenters. The van der Waals surface area contributed by atoms with E-state index in [4.69, 9.17) is 28.9 Å². The lowest BCUT2D eigenvalue weighted by molar-refractivity contribution is -0.121. The van der Waals surface area contributed by atoms with E-state index < -0.39 is 18.5 Å². The number of hydrogen-bond acceptors (Lipinski definition) is 3. The van der Waals surface area contributed by atoms with Crippen LogP contribution >= 0.6 is 23.2 Å². The lowest BCUT2D eigenvalue weighted by atomic mass is 10.2. The van der Waals surface area contributed by atoms with Gasteiger partial charge in [-0.25, -0.2) is 4.79 Å². The van der Waals surface area contributed by atoms with Gasteiger partial charge in [0.2, 0.25) is 0 Å². The van der Waals surface area contributed by atoms with Gasteiger partial charge in [-0.3, -0.25) is 4.79 Å². The summed E-state index contributed by atoms with van der Waals surface area (Å²) in [7, 11) is 0. The average molecular weight is 248 g/mol. The maximum absolute atomic E-state index is 11.3. The van der Waals surface area contributed by atoms with Crippen molar-refractivity contribution < 1.29 is 14.3 Å². The Morgan fingerprint density at radius 2 is 2.00 bits per heavy atom. The zero-order valence-electron chi connectivity index (χ0n) is 7.50. The topological polar surface area (TPSA) is 69.4 Å². The number of rotatable bonds is 3. The summed E-state index contributed by atoms with van der Waals surface area (Å²) in [6.07, 6.45) is 0. The van der Waals surface area contributed by atoms with E-state index in [1.165, 1.54) is 12.1 Å². The number of primary amides is 1. The van der Waals surface area contributed by atoms with Crippen molar-refractivity contribution in [2.24, 2.45) is 5.73 Å². The van der Waals surface area contributed by atoms with Gasteiger partial charge >= 0.3 is 5.97 Å². The van der Waals surface area contributed by atoms with Gasteiger partial charge in [-0.1, -0.05) is 29.3 Å². The van der Waals surface area contributed by atoms with Gasteiger partial charge < -0.3 is 10.5 Å². The second-order valence-electron chi connectivity index (χ2n) is 2.64. The highest BCUT2D eigenvalue weighted by Crippen LogP contribution is 2.25. The van der Waals surface area contributed by atoms with Crippen LogP contribution in [0.25, 0.3) is 0 Å². The fraction of sp³-hybridized carbons (Fsp3) is 0.111. The molecule has 0 spiro atoms. The molecule has 1 amide bonds. The van der Waals surface area contributed by atoms with Crippen molar-refractivity contribution in [3.05, 3.63) is 33.8 Å². The van der Waals surface area contributed by atoms with Crippen LogP contribution in [0, 0.1) is 0 Å². The number of ether oxygens (including phenoxy) is 1. The van der Waals surface area contributed by atoms with Crippen molar-refractivity contribution in [1.29, 1.82) is 0 Å². The van der Waals surface area contributed by atoms with E-state index in [1.807, 2.05) is 0 Å². The van der Waals surface area contributed by atoms with Crippen molar-refractivity contribution in [3.63, 3.8) is 0 Å². The summed E-state index contributed by atoms with van der Waals surface area (Å²) in [5.74, 6) is -1.47. The first-order chi connectivity index (χ1) is 7.02. The van der Waals surface area contributed by atoms with Crippen LogP contribution in [0.3, 0.4) is 0 Å². The van der Waals surface area contributed by atoms with Gasteiger partial charge in [0.1, 0.15) is 0 Å². The summed E-state index contributed by atoms with van der Waals surface area (Å²) in [5, 5.41) is 0.332. The van der Waals surface area contributed by atoms with Crippen molar-refractivity contribution in [3.8, 4) is 0 Å². The quantitative estimate of drug-likeness (QED) is 0.826. The van der Waals surface area contributed by atoms with E-state index in [-0.39, 0.29) is 15.6 Å². The fourth-order valence-electron chi connectivity index (χ4n) is 0.876. The molecule has 1 aromatic carbocycles. The molecule has 0 fully saturated rings. The van der Waals surface area contributed by atoms with Crippen LogP contribution in [-0.4, -0.2) is 18.5 Å². The Morgan fingerprint density at radius 1 is 1.33 bits per heavy atom. The van der Waals surface area contributed by atoms with Gasteiger partial charge in [0, 0.05) is 0 Å². The number of carbonyl (C=O) groups excluding carboxylic acids is 2. The molecular formula is C9H7Cl2NO3. The highest BCUT2D eigenvalue weighted by molar-refractivity contribution is 6.43. The molecule has 0 radical (unpaired) electrons. The second kappa shape index (κ2) is 5.00.